The maximum atomic E-state index is 11.7. The van der Waals surface area contributed by atoms with E-state index in [1.807, 2.05) is 0 Å². The van der Waals surface area contributed by atoms with Gasteiger partial charge in [-0.3, -0.25) is 4.79 Å². The number of ether oxygens (including phenoxy) is 1. The molecule has 0 aliphatic carbocycles. The zero-order chi connectivity index (χ0) is 15.2. The molecule has 0 aliphatic heterocycles. The lowest BCUT2D eigenvalue weighted by atomic mass is 10.3. The lowest BCUT2D eigenvalue weighted by Crippen LogP contribution is -2.12. The number of nitrogens with zero attached hydrogens (tertiary/aromatic N) is 1. The predicted octanol–water partition coefficient (Wildman–Crippen LogP) is 5.01. The number of thiazole rings is 1. The smallest absolute Gasteiger partial charge is 0.226 e. The number of aromatic nitrogens is 1. The fourth-order valence-corrected chi connectivity index (χ4v) is 2.89. The van der Waals surface area contributed by atoms with E-state index in [1.165, 1.54) is 11.3 Å². The van der Waals surface area contributed by atoms with E-state index in [0.29, 0.717) is 40.4 Å². The number of carbonyl (C=O) groups excluding carboxylic acids is 1. The van der Waals surface area contributed by atoms with Crippen LogP contribution in [0.1, 0.15) is 12.8 Å². The van der Waals surface area contributed by atoms with Crippen LogP contribution in [-0.2, 0) is 4.79 Å². The summed E-state index contributed by atoms with van der Waals surface area (Å²) in [4.78, 5) is 15.7. The van der Waals surface area contributed by atoms with Crippen LogP contribution in [0, 0.1) is 0 Å². The molecule has 0 bridgehead atoms. The molecule has 0 unspecified atom stereocenters. The molecule has 1 heterocycles. The summed E-state index contributed by atoms with van der Waals surface area (Å²) >= 11 is 16.4. The van der Waals surface area contributed by atoms with Gasteiger partial charge in [0.15, 0.2) is 5.13 Å². The summed E-state index contributed by atoms with van der Waals surface area (Å²) in [5, 5.41) is 4.23. The highest BCUT2D eigenvalue weighted by Gasteiger charge is 2.06. The molecule has 1 N–H and O–H groups in total. The van der Waals surface area contributed by atoms with E-state index in [4.69, 9.17) is 27.9 Å². The number of amides is 1. The van der Waals surface area contributed by atoms with Gasteiger partial charge in [-0.05, 0) is 34.5 Å². The lowest BCUT2D eigenvalue weighted by molar-refractivity contribution is -0.116. The fraction of sp³-hybridized carbons (Fsp3) is 0.231. The van der Waals surface area contributed by atoms with Crippen molar-refractivity contribution in [3.8, 4) is 5.75 Å². The molecule has 1 amide bonds. The average molecular weight is 410 g/mol. The van der Waals surface area contributed by atoms with Crippen molar-refractivity contribution >= 4 is 61.5 Å². The van der Waals surface area contributed by atoms with Crippen molar-refractivity contribution in [2.75, 3.05) is 11.9 Å². The first-order chi connectivity index (χ1) is 10.0. The van der Waals surface area contributed by atoms with E-state index in [-0.39, 0.29) is 5.91 Å². The van der Waals surface area contributed by atoms with Crippen molar-refractivity contribution in [2.24, 2.45) is 0 Å². The van der Waals surface area contributed by atoms with Crippen molar-refractivity contribution < 1.29 is 9.53 Å². The summed E-state index contributed by atoms with van der Waals surface area (Å²) in [6, 6.07) is 5.06. The van der Waals surface area contributed by atoms with E-state index in [1.54, 1.807) is 24.4 Å². The molecule has 4 nitrogen and oxygen atoms in total. The molecule has 0 atom stereocenters. The quantitative estimate of drug-likeness (QED) is 0.682. The van der Waals surface area contributed by atoms with Crippen LogP contribution in [0.2, 0.25) is 10.0 Å². The van der Waals surface area contributed by atoms with Crippen LogP contribution in [-0.4, -0.2) is 17.5 Å². The Morgan fingerprint density at radius 1 is 1.38 bits per heavy atom. The first-order valence-corrected chi connectivity index (χ1v) is 8.40. The second-order valence-electron chi connectivity index (χ2n) is 4.05. The maximum absolute atomic E-state index is 11.7. The Balaban J connectivity index is 1.69. The number of hydrogen-bond donors (Lipinski definition) is 1. The highest BCUT2D eigenvalue weighted by molar-refractivity contribution is 9.11. The molecule has 112 valence electrons. The van der Waals surface area contributed by atoms with Gasteiger partial charge in [0.25, 0.3) is 0 Å². The monoisotopic (exact) mass is 408 g/mol. The molecule has 0 saturated heterocycles. The average Bonchev–Trinajstić information content (AvgIpc) is 2.84. The number of benzene rings is 1. The van der Waals surface area contributed by atoms with E-state index < -0.39 is 0 Å². The molecule has 0 radical (unpaired) electrons. The van der Waals surface area contributed by atoms with Crippen LogP contribution in [0.25, 0.3) is 0 Å². The summed E-state index contributed by atoms with van der Waals surface area (Å²) in [5.41, 5.74) is 0. The molecule has 1 aromatic heterocycles. The normalized spacial score (nSPS) is 10.4. The number of rotatable bonds is 6. The van der Waals surface area contributed by atoms with Gasteiger partial charge in [0, 0.05) is 12.5 Å². The summed E-state index contributed by atoms with van der Waals surface area (Å²) in [7, 11) is 0. The Labute approximate surface area is 144 Å². The molecule has 0 fully saturated rings. The highest BCUT2D eigenvalue weighted by Crippen LogP contribution is 2.26. The fourth-order valence-electron chi connectivity index (χ4n) is 1.48. The summed E-state index contributed by atoms with van der Waals surface area (Å²) in [5.74, 6) is 0.545. The van der Waals surface area contributed by atoms with E-state index >= 15 is 0 Å². The zero-order valence-corrected chi connectivity index (χ0v) is 14.7. The third-order valence-corrected chi connectivity index (χ3v) is 4.56. The van der Waals surface area contributed by atoms with Crippen molar-refractivity contribution in [2.45, 2.75) is 12.8 Å². The van der Waals surface area contributed by atoms with Crippen LogP contribution in [0.4, 0.5) is 5.13 Å². The number of hydrogen-bond acceptors (Lipinski definition) is 4. The number of nitrogens with one attached hydrogen (secondary N) is 1. The standard InChI is InChI=1S/C13H11BrCl2N2O2S/c14-11-7-17-13(21-11)18-12(19)2-1-5-20-8-3-4-9(15)10(16)6-8/h3-4,6-7H,1-2,5H2,(H,17,18,19). The third-order valence-electron chi connectivity index (χ3n) is 2.43. The summed E-state index contributed by atoms with van der Waals surface area (Å²) < 4.78 is 6.38. The predicted molar refractivity (Wildman–Crippen MR) is 89.6 cm³/mol. The highest BCUT2D eigenvalue weighted by atomic mass is 79.9. The minimum atomic E-state index is -0.0883. The van der Waals surface area contributed by atoms with Gasteiger partial charge in [0.2, 0.25) is 5.91 Å². The Morgan fingerprint density at radius 3 is 2.86 bits per heavy atom. The van der Waals surface area contributed by atoms with Gasteiger partial charge < -0.3 is 10.1 Å². The Bertz CT molecular complexity index is 636. The zero-order valence-electron chi connectivity index (χ0n) is 10.7. The third kappa shape index (κ3) is 5.47. The van der Waals surface area contributed by atoms with Gasteiger partial charge in [0.05, 0.1) is 26.6 Å². The van der Waals surface area contributed by atoms with Gasteiger partial charge in [-0.25, -0.2) is 4.98 Å². The molecule has 0 spiro atoms. The van der Waals surface area contributed by atoms with Crippen molar-refractivity contribution in [3.05, 3.63) is 38.2 Å². The van der Waals surface area contributed by atoms with Gasteiger partial charge in [-0.15, -0.1) is 0 Å². The van der Waals surface area contributed by atoms with Crippen LogP contribution < -0.4 is 10.1 Å². The molecule has 0 saturated carbocycles. The maximum Gasteiger partial charge on any atom is 0.226 e. The largest absolute Gasteiger partial charge is 0.494 e. The second kappa shape index (κ2) is 7.98. The topological polar surface area (TPSA) is 51.2 Å². The molecular formula is C13H11BrCl2N2O2S. The number of anilines is 1. The molecule has 1 aromatic carbocycles. The Kier molecular flexibility index (Phi) is 6.29. The molecular weight excluding hydrogens is 399 g/mol. The Morgan fingerprint density at radius 2 is 2.19 bits per heavy atom. The van der Waals surface area contributed by atoms with Gasteiger partial charge in [-0.2, -0.15) is 0 Å². The van der Waals surface area contributed by atoms with Crippen LogP contribution in [0.15, 0.2) is 28.2 Å². The number of halogens is 3. The molecule has 0 aliphatic rings. The molecule has 2 aromatic rings. The minimum absolute atomic E-state index is 0.0883. The van der Waals surface area contributed by atoms with E-state index in [0.717, 1.165) is 3.79 Å². The SMILES string of the molecule is O=C(CCCOc1ccc(Cl)c(Cl)c1)Nc1ncc(Br)s1. The van der Waals surface area contributed by atoms with E-state index in [9.17, 15) is 4.79 Å². The van der Waals surface area contributed by atoms with Crippen LogP contribution >= 0.6 is 50.5 Å². The first-order valence-electron chi connectivity index (χ1n) is 6.03. The van der Waals surface area contributed by atoms with Gasteiger partial charge >= 0.3 is 0 Å². The van der Waals surface area contributed by atoms with Crippen molar-refractivity contribution in [3.63, 3.8) is 0 Å². The van der Waals surface area contributed by atoms with Gasteiger partial charge in [-0.1, -0.05) is 34.5 Å². The first kappa shape index (κ1) is 16.5. The molecule has 2 rings (SSSR count). The number of carbonyl (C=O) groups is 1. The summed E-state index contributed by atoms with van der Waals surface area (Å²) in [6.07, 6.45) is 2.60. The van der Waals surface area contributed by atoms with Crippen LogP contribution in [0.3, 0.4) is 0 Å². The molecule has 21 heavy (non-hydrogen) atoms. The summed E-state index contributed by atoms with van der Waals surface area (Å²) in [6.45, 7) is 0.424. The molecule has 8 heteroatoms. The minimum Gasteiger partial charge on any atom is -0.494 e. The second-order valence-corrected chi connectivity index (χ2v) is 7.27. The van der Waals surface area contributed by atoms with E-state index in [2.05, 4.69) is 26.2 Å². The van der Waals surface area contributed by atoms with Gasteiger partial charge in [0.1, 0.15) is 5.75 Å². The Hall–Kier alpha value is -0.820. The lowest BCUT2D eigenvalue weighted by Gasteiger charge is -2.07. The van der Waals surface area contributed by atoms with Crippen molar-refractivity contribution in [1.29, 1.82) is 0 Å². The van der Waals surface area contributed by atoms with Crippen LogP contribution in [0.5, 0.6) is 5.75 Å². The van der Waals surface area contributed by atoms with Crippen molar-refractivity contribution in [1.82, 2.24) is 4.98 Å².